The van der Waals surface area contributed by atoms with E-state index in [1.54, 1.807) is 0 Å². The summed E-state index contributed by atoms with van der Waals surface area (Å²) in [5.41, 5.74) is 0.412. The molecule has 0 bridgehead atoms. The van der Waals surface area contributed by atoms with Crippen LogP contribution in [0.25, 0.3) is 0 Å². The van der Waals surface area contributed by atoms with Crippen LogP contribution in [-0.2, 0) is 10.0 Å². The number of nitro benzene ring substituents is 1. The molecular weight excluding hydrogens is 354 g/mol. The van der Waals surface area contributed by atoms with E-state index >= 15 is 0 Å². The lowest BCUT2D eigenvalue weighted by atomic mass is 10.1. The van der Waals surface area contributed by atoms with Crippen molar-refractivity contribution >= 4 is 15.7 Å². The molecule has 0 radical (unpaired) electrons. The summed E-state index contributed by atoms with van der Waals surface area (Å²) in [4.78, 5) is 12.4. The molecule has 7 nitrogen and oxygen atoms in total. The van der Waals surface area contributed by atoms with Crippen LogP contribution in [0.5, 0.6) is 0 Å². The van der Waals surface area contributed by atoms with Gasteiger partial charge in [-0.3, -0.25) is 10.1 Å². The van der Waals surface area contributed by atoms with Gasteiger partial charge in [-0.25, -0.2) is 13.1 Å². The summed E-state index contributed by atoms with van der Waals surface area (Å²) in [6.07, 6.45) is 2.19. The Hall–Kier alpha value is -2.29. The molecule has 0 unspecified atom stereocenters. The molecule has 0 saturated carbocycles. The molecule has 138 valence electrons. The van der Waals surface area contributed by atoms with Crippen molar-refractivity contribution in [3.63, 3.8) is 0 Å². The predicted molar refractivity (Wildman–Crippen MR) is 98.3 cm³/mol. The topological polar surface area (TPSA) is 92.5 Å². The molecule has 3 rings (SSSR count). The standard InChI is InChI=1S/C18H21N3O4S/c22-21(23)17-10-4-5-11-18(17)26(24,25)19-16(14-20-12-6-7-13-20)15-8-2-1-3-9-15/h1-5,8-11,16,19H,6-7,12-14H2/t16-/m0/s1. The van der Waals surface area contributed by atoms with Crippen LogP contribution in [0.2, 0.25) is 0 Å². The lowest BCUT2D eigenvalue weighted by Gasteiger charge is -2.24. The van der Waals surface area contributed by atoms with E-state index in [2.05, 4.69) is 9.62 Å². The summed E-state index contributed by atoms with van der Waals surface area (Å²) in [7, 11) is -4.04. The van der Waals surface area contributed by atoms with Gasteiger partial charge in [-0.1, -0.05) is 42.5 Å². The first-order chi connectivity index (χ1) is 12.5. The van der Waals surface area contributed by atoms with E-state index in [1.165, 1.54) is 24.3 Å². The van der Waals surface area contributed by atoms with Crippen LogP contribution in [0.4, 0.5) is 5.69 Å². The Kier molecular flexibility index (Phi) is 5.65. The lowest BCUT2D eigenvalue weighted by Crippen LogP contribution is -2.37. The molecule has 1 N–H and O–H groups in total. The molecule has 8 heteroatoms. The Morgan fingerprint density at radius 1 is 1.04 bits per heavy atom. The highest BCUT2D eigenvalue weighted by Crippen LogP contribution is 2.26. The second-order valence-corrected chi connectivity index (χ2v) is 8.00. The average molecular weight is 375 g/mol. The molecule has 2 aromatic carbocycles. The second-order valence-electron chi connectivity index (χ2n) is 6.32. The molecule has 0 aliphatic carbocycles. The van der Waals surface area contributed by atoms with E-state index in [0.717, 1.165) is 31.5 Å². The van der Waals surface area contributed by atoms with Crippen molar-refractivity contribution in [2.45, 2.75) is 23.8 Å². The number of hydrogen-bond donors (Lipinski definition) is 1. The summed E-state index contributed by atoms with van der Waals surface area (Å²) in [6, 6.07) is 14.2. The summed E-state index contributed by atoms with van der Waals surface area (Å²) in [6.45, 7) is 2.39. The van der Waals surface area contributed by atoms with Crippen LogP contribution in [0, 0.1) is 10.1 Å². The number of rotatable bonds is 7. The number of hydrogen-bond acceptors (Lipinski definition) is 5. The fourth-order valence-corrected chi connectivity index (χ4v) is 4.59. The van der Waals surface area contributed by atoms with Gasteiger partial charge in [0.05, 0.1) is 11.0 Å². The molecule has 1 fully saturated rings. The van der Waals surface area contributed by atoms with Crippen molar-refractivity contribution in [3.8, 4) is 0 Å². The van der Waals surface area contributed by atoms with E-state index in [1.807, 2.05) is 30.3 Å². The third-order valence-electron chi connectivity index (χ3n) is 4.49. The van der Waals surface area contributed by atoms with Gasteiger partial charge in [-0.15, -0.1) is 0 Å². The number of sulfonamides is 1. The summed E-state index contributed by atoms with van der Waals surface area (Å²) >= 11 is 0. The van der Waals surface area contributed by atoms with E-state index in [9.17, 15) is 18.5 Å². The van der Waals surface area contributed by atoms with Gasteiger partial charge in [-0.2, -0.15) is 0 Å². The molecule has 1 saturated heterocycles. The van der Waals surface area contributed by atoms with Crippen molar-refractivity contribution < 1.29 is 13.3 Å². The van der Waals surface area contributed by atoms with Gasteiger partial charge in [0.15, 0.2) is 4.90 Å². The summed E-state index contributed by atoms with van der Waals surface area (Å²) < 4.78 is 28.4. The third-order valence-corrected chi connectivity index (χ3v) is 6.01. The zero-order valence-electron chi connectivity index (χ0n) is 14.2. The quantitative estimate of drug-likeness (QED) is 0.593. The molecule has 1 aliphatic heterocycles. The normalized spacial score (nSPS) is 16.5. The maximum atomic E-state index is 12.9. The molecule has 0 aromatic heterocycles. The van der Waals surface area contributed by atoms with Crippen LogP contribution < -0.4 is 4.72 Å². The fourth-order valence-electron chi connectivity index (χ4n) is 3.21. The highest BCUT2D eigenvalue weighted by atomic mass is 32.2. The molecule has 0 amide bonds. The van der Waals surface area contributed by atoms with Crippen molar-refractivity contribution in [1.29, 1.82) is 0 Å². The van der Waals surface area contributed by atoms with Crippen molar-refractivity contribution in [2.24, 2.45) is 0 Å². The maximum absolute atomic E-state index is 12.9. The SMILES string of the molecule is O=[N+]([O-])c1ccccc1S(=O)(=O)N[C@@H](CN1CCCC1)c1ccccc1. The highest BCUT2D eigenvalue weighted by Gasteiger charge is 2.29. The number of nitrogens with one attached hydrogen (secondary N) is 1. The fraction of sp³-hybridized carbons (Fsp3) is 0.333. The Balaban J connectivity index is 1.91. The van der Waals surface area contributed by atoms with E-state index < -0.39 is 26.7 Å². The minimum absolute atomic E-state index is 0.313. The largest absolute Gasteiger partial charge is 0.301 e. The number of benzene rings is 2. The van der Waals surface area contributed by atoms with Crippen molar-refractivity contribution in [2.75, 3.05) is 19.6 Å². The Morgan fingerprint density at radius 2 is 1.65 bits per heavy atom. The highest BCUT2D eigenvalue weighted by molar-refractivity contribution is 7.89. The minimum Gasteiger partial charge on any atom is -0.301 e. The molecule has 0 spiro atoms. The van der Waals surface area contributed by atoms with Crippen LogP contribution in [0.15, 0.2) is 59.5 Å². The summed E-state index contributed by atoms with van der Waals surface area (Å²) in [5.74, 6) is 0. The van der Waals surface area contributed by atoms with Gasteiger partial charge in [-0.05, 0) is 37.6 Å². The maximum Gasteiger partial charge on any atom is 0.289 e. The first kappa shape index (κ1) is 18.5. The second kappa shape index (κ2) is 7.94. The molecule has 2 aromatic rings. The predicted octanol–water partition coefficient (Wildman–Crippen LogP) is 2.71. The van der Waals surface area contributed by atoms with E-state index in [4.69, 9.17) is 0 Å². The van der Waals surface area contributed by atoms with Gasteiger partial charge in [0, 0.05) is 12.6 Å². The number of likely N-dealkylation sites (tertiary alicyclic amines) is 1. The lowest BCUT2D eigenvalue weighted by molar-refractivity contribution is -0.387. The van der Waals surface area contributed by atoms with Gasteiger partial charge >= 0.3 is 0 Å². The zero-order valence-corrected chi connectivity index (χ0v) is 15.1. The first-order valence-electron chi connectivity index (χ1n) is 8.50. The Labute approximate surface area is 152 Å². The minimum atomic E-state index is -4.04. The van der Waals surface area contributed by atoms with Crippen LogP contribution in [-0.4, -0.2) is 37.9 Å². The Bertz CT molecular complexity index is 865. The van der Waals surface area contributed by atoms with Crippen molar-refractivity contribution in [1.82, 2.24) is 9.62 Å². The van der Waals surface area contributed by atoms with Crippen LogP contribution in [0.1, 0.15) is 24.4 Å². The van der Waals surface area contributed by atoms with Crippen LogP contribution >= 0.6 is 0 Å². The molecule has 1 heterocycles. The van der Waals surface area contributed by atoms with Gasteiger partial charge in [0.1, 0.15) is 0 Å². The molecule has 1 aliphatic rings. The molecule has 1 atom stereocenters. The van der Waals surface area contributed by atoms with Crippen LogP contribution in [0.3, 0.4) is 0 Å². The van der Waals surface area contributed by atoms with Gasteiger partial charge in [0.25, 0.3) is 5.69 Å². The monoisotopic (exact) mass is 375 g/mol. The average Bonchev–Trinajstić information content (AvgIpc) is 3.15. The third kappa shape index (κ3) is 4.27. The Morgan fingerprint density at radius 3 is 2.31 bits per heavy atom. The summed E-state index contributed by atoms with van der Waals surface area (Å²) in [5, 5.41) is 11.2. The molecular formula is C18H21N3O4S. The van der Waals surface area contributed by atoms with Gasteiger partial charge in [0.2, 0.25) is 10.0 Å². The van der Waals surface area contributed by atoms with Crippen molar-refractivity contribution in [3.05, 3.63) is 70.3 Å². The number of para-hydroxylation sites is 1. The van der Waals surface area contributed by atoms with E-state index in [0.29, 0.717) is 6.54 Å². The number of nitro groups is 1. The first-order valence-corrected chi connectivity index (χ1v) is 9.99. The zero-order chi connectivity index (χ0) is 18.6. The number of nitrogens with zero attached hydrogens (tertiary/aromatic N) is 2. The smallest absolute Gasteiger partial charge is 0.289 e. The van der Waals surface area contributed by atoms with E-state index in [-0.39, 0.29) is 4.90 Å². The van der Waals surface area contributed by atoms with Gasteiger partial charge < -0.3 is 4.90 Å². The molecule has 26 heavy (non-hydrogen) atoms.